The summed E-state index contributed by atoms with van der Waals surface area (Å²) in [6.07, 6.45) is -10.1. The van der Waals surface area contributed by atoms with Crippen molar-refractivity contribution in [3.63, 3.8) is 0 Å². The third kappa shape index (κ3) is 10.8. The number of alkyl halides is 6. The van der Waals surface area contributed by atoms with E-state index < -0.39 is 61.2 Å². The molecule has 0 radical (unpaired) electrons. The van der Waals surface area contributed by atoms with E-state index in [1.54, 1.807) is 0 Å². The van der Waals surface area contributed by atoms with Gasteiger partial charge in [-0.2, -0.15) is 13.2 Å². The normalized spacial score (nSPS) is 18.5. The minimum atomic E-state index is -4.78. The van der Waals surface area contributed by atoms with Crippen LogP contribution in [0.25, 0.3) is 0 Å². The number of hydrazine groups is 1. The van der Waals surface area contributed by atoms with Crippen LogP contribution in [0, 0.1) is 0 Å². The highest BCUT2D eigenvalue weighted by atomic mass is 19.4. The van der Waals surface area contributed by atoms with Crippen LogP contribution < -0.4 is 20.9 Å². The number of halogens is 6. The van der Waals surface area contributed by atoms with Crippen molar-refractivity contribution in [2.24, 2.45) is 0 Å². The molecule has 1 aromatic rings. The molecule has 35 heavy (non-hydrogen) atoms. The summed E-state index contributed by atoms with van der Waals surface area (Å²) in [5, 5.41) is 2.61. The second-order valence-corrected chi connectivity index (χ2v) is 7.41. The molecule has 0 aliphatic carbocycles. The molecule has 2 atom stereocenters. The molecule has 1 saturated heterocycles. The van der Waals surface area contributed by atoms with Gasteiger partial charge in [0.05, 0.1) is 24.8 Å². The molecule has 1 fully saturated rings. The number of nitrogens with one attached hydrogen (secondary N) is 3. The maximum absolute atomic E-state index is 12.5. The number of benzene rings is 1. The predicted octanol–water partition coefficient (Wildman–Crippen LogP) is 2.21. The smallest absolute Gasteiger partial charge is 0.484 e. The average molecular weight is 515 g/mol. The van der Waals surface area contributed by atoms with E-state index in [1.807, 2.05) is 0 Å². The van der Waals surface area contributed by atoms with Crippen LogP contribution in [0.4, 0.5) is 26.3 Å². The van der Waals surface area contributed by atoms with Gasteiger partial charge in [-0.25, -0.2) is 0 Å². The maximum Gasteiger partial charge on any atom is 0.522 e. The zero-order chi connectivity index (χ0) is 26.1. The third-order valence-electron chi connectivity index (χ3n) is 4.62. The Morgan fingerprint density at radius 1 is 0.971 bits per heavy atom. The summed E-state index contributed by atoms with van der Waals surface area (Å²) in [5.41, 5.74) is 3.33. The molecule has 1 aliphatic heterocycles. The van der Waals surface area contributed by atoms with Crippen molar-refractivity contribution in [1.82, 2.24) is 16.2 Å². The number of rotatable bonds is 9. The van der Waals surface area contributed by atoms with Crippen LogP contribution in [0.1, 0.15) is 31.2 Å². The van der Waals surface area contributed by atoms with Gasteiger partial charge in [-0.3, -0.25) is 30.0 Å². The number of ether oxygens (including phenoxy) is 3. The molecule has 0 aromatic heterocycles. The Labute approximate surface area is 195 Å². The molecule has 0 unspecified atom stereocenters. The largest absolute Gasteiger partial charge is 0.522 e. The lowest BCUT2D eigenvalue weighted by Gasteiger charge is -2.28. The molecular formula is C20H23F6N3O6. The average Bonchev–Trinajstić information content (AvgIpc) is 2.78. The first-order chi connectivity index (χ1) is 16.3. The van der Waals surface area contributed by atoms with E-state index in [9.17, 15) is 40.7 Å². The fraction of sp³-hybridized carbons (Fsp3) is 0.550. The van der Waals surface area contributed by atoms with Crippen molar-refractivity contribution in [1.29, 1.82) is 0 Å². The quantitative estimate of drug-likeness (QED) is 0.264. The molecule has 9 nitrogen and oxygen atoms in total. The molecule has 0 spiro atoms. The summed E-state index contributed by atoms with van der Waals surface area (Å²) in [7, 11) is 0. The summed E-state index contributed by atoms with van der Waals surface area (Å²) in [4.78, 5) is 35.6. The van der Waals surface area contributed by atoms with Crippen LogP contribution >= 0.6 is 0 Å². The Morgan fingerprint density at radius 2 is 1.66 bits per heavy atom. The molecule has 196 valence electrons. The van der Waals surface area contributed by atoms with Crippen molar-refractivity contribution < 1.29 is 54.9 Å². The van der Waals surface area contributed by atoms with Gasteiger partial charge in [0.2, 0.25) is 5.91 Å². The molecule has 15 heteroatoms. The molecule has 1 aromatic carbocycles. The topological polar surface area (TPSA) is 115 Å². The Hall–Kier alpha value is -3.07. The fourth-order valence-corrected chi connectivity index (χ4v) is 2.93. The first kappa shape index (κ1) is 28.2. The van der Waals surface area contributed by atoms with Crippen molar-refractivity contribution in [2.75, 3.05) is 19.8 Å². The fourth-order valence-electron chi connectivity index (χ4n) is 2.93. The van der Waals surface area contributed by atoms with E-state index >= 15 is 0 Å². The van der Waals surface area contributed by atoms with E-state index in [0.717, 1.165) is 24.3 Å². The lowest BCUT2D eigenvalue weighted by molar-refractivity contribution is -0.324. The number of carbonyl (C=O) groups excluding carboxylic acids is 3. The highest BCUT2D eigenvalue weighted by Gasteiger charge is 2.31. The van der Waals surface area contributed by atoms with E-state index in [-0.39, 0.29) is 31.6 Å². The van der Waals surface area contributed by atoms with Gasteiger partial charge < -0.3 is 14.8 Å². The van der Waals surface area contributed by atoms with Gasteiger partial charge in [0.25, 0.3) is 11.8 Å². The summed E-state index contributed by atoms with van der Waals surface area (Å²) < 4.78 is 87.2. The highest BCUT2D eigenvalue weighted by molar-refractivity contribution is 5.84. The van der Waals surface area contributed by atoms with Crippen LogP contribution in [0.5, 0.6) is 5.75 Å². The first-order valence-electron chi connectivity index (χ1n) is 10.3. The summed E-state index contributed by atoms with van der Waals surface area (Å²) >= 11 is 0. The van der Waals surface area contributed by atoms with E-state index in [0.29, 0.717) is 6.42 Å². The molecule has 2 rings (SSSR count). The Balaban J connectivity index is 1.61. The van der Waals surface area contributed by atoms with E-state index in [1.165, 1.54) is 0 Å². The summed E-state index contributed by atoms with van der Waals surface area (Å²) in [6.45, 7) is -1.16. The van der Waals surface area contributed by atoms with Crippen LogP contribution in [0.2, 0.25) is 0 Å². The second-order valence-electron chi connectivity index (χ2n) is 7.41. The van der Waals surface area contributed by atoms with Crippen LogP contribution in [0.3, 0.4) is 0 Å². The lowest BCUT2D eigenvalue weighted by Crippen LogP contribution is -2.51. The SMILES string of the molecule is O=C(CCCOC(F)(F)F)NNC(=O)[C@@H]1CC[C@@H](NC(=O)COc2ccc(C(F)(F)F)cc2)CO1. The van der Waals surface area contributed by atoms with Crippen molar-refractivity contribution >= 4 is 17.7 Å². The molecule has 3 N–H and O–H groups in total. The van der Waals surface area contributed by atoms with Crippen LogP contribution in [0.15, 0.2) is 24.3 Å². The van der Waals surface area contributed by atoms with Gasteiger partial charge in [-0.15, -0.1) is 13.2 Å². The first-order valence-corrected chi connectivity index (χ1v) is 10.3. The van der Waals surface area contributed by atoms with Gasteiger partial charge >= 0.3 is 12.5 Å². The zero-order valence-electron chi connectivity index (χ0n) is 18.1. The minimum Gasteiger partial charge on any atom is -0.484 e. The Morgan fingerprint density at radius 3 is 2.23 bits per heavy atom. The molecule has 0 bridgehead atoms. The molecule has 0 saturated carbocycles. The minimum absolute atomic E-state index is 0.0210. The van der Waals surface area contributed by atoms with Gasteiger partial charge in [0.15, 0.2) is 6.61 Å². The molecule has 3 amide bonds. The Kier molecular flexibility index (Phi) is 10.1. The molecule has 1 heterocycles. The van der Waals surface area contributed by atoms with Gasteiger partial charge in [0, 0.05) is 6.42 Å². The summed E-state index contributed by atoms with van der Waals surface area (Å²) in [5.74, 6) is -1.83. The van der Waals surface area contributed by atoms with Crippen molar-refractivity contribution in [3.8, 4) is 5.75 Å². The van der Waals surface area contributed by atoms with Gasteiger partial charge in [0.1, 0.15) is 11.9 Å². The summed E-state index contributed by atoms with van der Waals surface area (Å²) in [6, 6.07) is 3.41. The Bertz CT molecular complexity index is 854. The van der Waals surface area contributed by atoms with Crippen LogP contribution in [-0.2, 0) is 30.0 Å². The van der Waals surface area contributed by atoms with Crippen LogP contribution in [-0.4, -0.2) is 56.1 Å². The molecule has 1 aliphatic rings. The van der Waals surface area contributed by atoms with E-state index in [4.69, 9.17) is 9.47 Å². The predicted molar refractivity (Wildman–Crippen MR) is 105 cm³/mol. The monoisotopic (exact) mass is 515 g/mol. The maximum atomic E-state index is 12.5. The zero-order valence-corrected chi connectivity index (χ0v) is 18.1. The molecular weight excluding hydrogens is 492 g/mol. The van der Waals surface area contributed by atoms with Crippen molar-refractivity contribution in [3.05, 3.63) is 29.8 Å². The highest BCUT2D eigenvalue weighted by Crippen LogP contribution is 2.30. The third-order valence-corrected chi connectivity index (χ3v) is 4.62. The number of hydrogen-bond acceptors (Lipinski definition) is 6. The van der Waals surface area contributed by atoms with E-state index in [2.05, 4.69) is 20.9 Å². The number of carbonyl (C=O) groups is 3. The van der Waals surface area contributed by atoms with Gasteiger partial charge in [-0.05, 0) is 43.5 Å². The second kappa shape index (κ2) is 12.6. The lowest BCUT2D eigenvalue weighted by atomic mass is 10.0. The standard InChI is InChI=1S/C20H23F6N3O6/c21-19(22,23)12-3-6-14(7-4-12)33-11-17(31)27-13-5-8-15(34-10-13)18(32)29-28-16(30)2-1-9-35-20(24,25)26/h3-4,6-7,13,15H,1-2,5,8-11H2,(H,27,31)(H,28,30)(H,29,32)/t13-,15+/m1/s1. The number of amides is 3. The van der Waals surface area contributed by atoms with Crippen molar-refractivity contribution in [2.45, 2.75) is 50.4 Å². The number of hydrogen-bond donors (Lipinski definition) is 3. The van der Waals surface area contributed by atoms with Gasteiger partial charge in [-0.1, -0.05) is 0 Å².